The summed E-state index contributed by atoms with van der Waals surface area (Å²) < 4.78 is 2.19. The van der Waals surface area contributed by atoms with E-state index >= 15 is 0 Å². The van der Waals surface area contributed by atoms with E-state index in [1.165, 1.54) is 25.8 Å². The van der Waals surface area contributed by atoms with Gasteiger partial charge in [-0.15, -0.1) is 0 Å². The number of aromatic nitrogens is 2. The van der Waals surface area contributed by atoms with Crippen molar-refractivity contribution in [3.8, 4) is 0 Å². The summed E-state index contributed by atoms with van der Waals surface area (Å²) in [6.45, 7) is 3.45. The highest BCUT2D eigenvalue weighted by Crippen LogP contribution is 2.49. The van der Waals surface area contributed by atoms with Crippen LogP contribution in [0.4, 0.5) is 0 Å². The Morgan fingerprint density at radius 3 is 2.82 bits per heavy atom. The maximum absolute atomic E-state index is 4.03. The van der Waals surface area contributed by atoms with Crippen molar-refractivity contribution in [3.05, 3.63) is 18.7 Å². The van der Waals surface area contributed by atoms with Crippen molar-refractivity contribution in [2.45, 2.75) is 32.7 Å². The summed E-state index contributed by atoms with van der Waals surface area (Å²) in [5, 5.41) is 0. The maximum atomic E-state index is 4.03. The van der Waals surface area contributed by atoms with Crippen LogP contribution >= 0.6 is 0 Å². The third-order valence-corrected chi connectivity index (χ3v) is 2.78. The van der Waals surface area contributed by atoms with Gasteiger partial charge in [0.1, 0.15) is 0 Å². The molecule has 11 heavy (non-hydrogen) atoms. The SMILES string of the molecule is CCC1(Cn2ccnc2)CC1. The molecule has 0 atom stereocenters. The van der Waals surface area contributed by atoms with E-state index in [0.717, 1.165) is 0 Å². The second-order valence-electron chi connectivity index (χ2n) is 3.59. The minimum atomic E-state index is 0.640. The first kappa shape index (κ1) is 6.89. The summed E-state index contributed by atoms with van der Waals surface area (Å²) >= 11 is 0. The summed E-state index contributed by atoms with van der Waals surface area (Å²) in [7, 11) is 0. The number of nitrogens with zero attached hydrogens (tertiary/aromatic N) is 2. The lowest BCUT2D eigenvalue weighted by molar-refractivity contribution is 0.409. The number of hydrogen-bond donors (Lipinski definition) is 0. The topological polar surface area (TPSA) is 17.8 Å². The molecule has 1 aromatic rings. The van der Waals surface area contributed by atoms with Crippen molar-refractivity contribution in [2.75, 3.05) is 0 Å². The fourth-order valence-electron chi connectivity index (χ4n) is 1.57. The molecular weight excluding hydrogens is 136 g/mol. The second-order valence-corrected chi connectivity index (χ2v) is 3.59. The van der Waals surface area contributed by atoms with Crippen molar-refractivity contribution in [2.24, 2.45) is 5.41 Å². The van der Waals surface area contributed by atoms with Crippen LogP contribution < -0.4 is 0 Å². The third kappa shape index (κ3) is 1.30. The zero-order valence-corrected chi connectivity index (χ0v) is 6.95. The van der Waals surface area contributed by atoms with Gasteiger partial charge in [0.15, 0.2) is 0 Å². The standard InChI is InChI=1S/C9H14N2/c1-2-9(3-4-9)7-11-6-5-10-8-11/h5-6,8H,2-4,7H2,1H3. The van der Waals surface area contributed by atoms with E-state index in [2.05, 4.69) is 22.7 Å². The van der Waals surface area contributed by atoms with Gasteiger partial charge in [-0.25, -0.2) is 4.98 Å². The molecule has 0 bridgehead atoms. The Hall–Kier alpha value is -0.790. The van der Waals surface area contributed by atoms with Gasteiger partial charge in [-0.05, 0) is 24.7 Å². The smallest absolute Gasteiger partial charge is 0.0946 e. The van der Waals surface area contributed by atoms with Gasteiger partial charge in [0.25, 0.3) is 0 Å². The second kappa shape index (κ2) is 2.36. The molecule has 0 unspecified atom stereocenters. The lowest BCUT2D eigenvalue weighted by atomic mass is 10.0. The molecule has 0 radical (unpaired) electrons. The summed E-state index contributed by atoms with van der Waals surface area (Å²) in [6.07, 6.45) is 9.94. The zero-order valence-electron chi connectivity index (χ0n) is 6.95. The molecule has 1 saturated carbocycles. The van der Waals surface area contributed by atoms with Crippen LogP contribution in [0, 0.1) is 5.41 Å². The molecule has 0 aliphatic heterocycles. The minimum Gasteiger partial charge on any atom is -0.337 e. The van der Waals surface area contributed by atoms with E-state index in [9.17, 15) is 0 Å². The average Bonchev–Trinajstić information content (AvgIpc) is 2.59. The van der Waals surface area contributed by atoms with Crippen LogP contribution in [0.2, 0.25) is 0 Å². The lowest BCUT2D eigenvalue weighted by Gasteiger charge is -2.11. The molecule has 2 rings (SSSR count). The predicted octanol–water partition coefficient (Wildman–Crippen LogP) is 2.07. The van der Waals surface area contributed by atoms with Gasteiger partial charge in [0.05, 0.1) is 6.33 Å². The number of hydrogen-bond acceptors (Lipinski definition) is 1. The largest absolute Gasteiger partial charge is 0.337 e. The van der Waals surface area contributed by atoms with Crippen LogP contribution in [-0.4, -0.2) is 9.55 Å². The molecule has 0 amide bonds. The highest BCUT2D eigenvalue weighted by atomic mass is 15.0. The number of imidazole rings is 1. The molecule has 0 saturated heterocycles. The van der Waals surface area contributed by atoms with Gasteiger partial charge in [0, 0.05) is 18.9 Å². The summed E-state index contributed by atoms with van der Waals surface area (Å²) in [4.78, 5) is 4.03. The van der Waals surface area contributed by atoms with E-state index in [0.29, 0.717) is 5.41 Å². The minimum absolute atomic E-state index is 0.640. The Balaban J connectivity index is 2.01. The Morgan fingerprint density at radius 2 is 2.36 bits per heavy atom. The molecule has 0 N–H and O–H groups in total. The van der Waals surface area contributed by atoms with Gasteiger partial charge in [0.2, 0.25) is 0 Å². The van der Waals surface area contributed by atoms with E-state index in [-0.39, 0.29) is 0 Å². The van der Waals surface area contributed by atoms with Crippen LogP contribution in [0.5, 0.6) is 0 Å². The van der Waals surface area contributed by atoms with Gasteiger partial charge >= 0.3 is 0 Å². The zero-order chi connectivity index (χ0) is 7.73. The molecule has 1 aliphatic carbocycles. The normalized spacial score (nSPS) is 20.1. The van der Waals surface area contributed by atoms with Crippen molar-refractivity contribution < 1.29 is 0 Å². The van der Waals surface area contributed by atoms with E-state index in [4.69, 9.17) is 0 Å². The van der Waals surface area contributed by atoms with Crippen molar-refractivity contribution in [3.63, 3.8) is 0 Å². The fourth-order valence-corrected chi connectivity index (χ4v) is 1.57. The molecule has 0 aromatic carbocycles. The Bertz CT molecular complexity index is 222. The summed E-state index contributed by atoms with van der Waals surface area (Å²) in [5.41, 5.74) is 0.640. The molecule has 2 heteroatoms. The third-order valence-electron chi connectivity index (χ3n) is 2.78. The molecule has 0 spiro atoms. The molecule has 60 valence electrons. The predicted molar refractivity (Wildman–Crippen MR) is 44.2 cm³/mol. The summed E-state index contributed by atoms with van der Waals surface area (Å²) in [6, 6.07) is 0. The van der Waals surface area contributed by atoms with Gasteiger partial charge < -0.3 is 4.57 Å². The van der Waals surface area contributed by atoms with Crippen LogP contribution in [0.15, 0.2) is 18.7 Å². The summed E-state index contributed by atoms with van der Waals surface area (Å²) in [5.74, 6) is 0. The molecular formula is C9H14N2. The van der Waals surface area contributed by atoms with Crippen LogP contribution in [0.1, 0.15) is 26.2 Å². The Labute approximate surface area is 67.3 Å². The Kier molecular flexibility index (Phi) is 1.48. The van der Waals surface area contributed by atoms with Crippen LogP contribution in [0.3, 0.4) is 0 Å². The lowest BCUT2D eigenvalue weighted by Crippen LogP contribution is -2.08. The van der Waals surface area contributed by atoms with E-state index < -0.39 is 0 Å². The van der Waals surface area contributed by atoms with Gasteiger partial charge in [-0.2, -0.15) is 0 Å². The van der Waals surface area contributed by atoms with Crippen molar-refractivity contribution >= 4 is 0 Å². The van der Waals surface area contributed by atoms with Gasteiger partial charge in [-0.3, -0.25) is 0 Å². The van der Waals surface area contributed by atoms with Crippen LogP contribution in [-0.2, 0) is 6.54 Å². The van der Waals surface area contributed by atoms with E-state index in [1.807, 2.05) is 12.5 Å². The molecule has 1 fully saturated rings. The monoisotopic (exact) mass is 150 g/mol. The van der Waals surface area contributed by atoms with E-state index in [1.54, 1.807) is 0 Å². The molecule has 1 heterocycles. The quantitative estimate of drug-likeness (QED) is 0.645. The first-order valence-corrected chi connectivity index (χ1v) is 4.30. The maximum Gasteiger partial charge on any atom is 0.0946 e. The first-order chi connectivity index (χ1) is 5.35. The molecule has 2 nitrogen and oxygen atoms in total. The molecule has 1 aromatic heterocycles. The highest BCUT2D eigenvalue weighted by molar-refractivity contribution is 4.93. The number of rotatable bonds is 3. The fraction of sp³-hybridized carbons (Fsp3) is 0.667. The average molecular weight is 150 g/mol. The van der Waals surface area contributed by atoms with Crippen LogP contribution in [0.25, 0.3) is 0 Å². The molecule has 1 aliphatic rings. The van der Waals surface area contributed by atoms with Gasteiger partial charge in [-0.1, -0.05) is 6.92 Å². The highest BCUT2D eigenvalue weighted by Gasteiger charge is 2.40. The van der Waals surface area contributed by atoms with Crippen molar-refractivity contribution in [1.82, 2.24) is 9.55 Å². The first-order valence-electron chi connectivity index (χ1n) is 4.30. The van der Waals surface area contributed by atoms with Crippen molar-refractivity contribution in [1.29, 1.82) is 0 Å². The Morgan fingerprint density at radius 1 is 1.55 bits per heavy atom.